The van der Waals surface area contributed by atoms with Gasteiger partial charge in [0.1, 0.15) is 11.6 Å². The van der Waals surface area contributed by atoms with Crippen LogP contribution >= 0.6 is 0 Å². The molecule has 62 heavy (non-hydrogen) atoms. The molecule has 10 rings (SSSR count). The second-order valence-corrected chi connectivity index (χ2v) is 17.3. The third kappa shape index (κ3) is 8.30. The number of amides is 2. The van der Waals surface area contributed by atoms with E-state index in [-0.39, 0.29) is 35.5 Å². The molecule has 0 radical (unpaired) electrons. The minimum Gasteiger partial charge on any atom is -0.332 e. The zero-order chi connectivity index (χ0) is 43.1. The number of piperidine rings is 2. The molecule has 0 unspecified atom stereocenters. The molecule has 2 aromatic heterocycles. The largest absolute Gasteiger partial charge is 0.332 e. The molecule has 4 aromatic carbocycles. The Bertz CT molecular complexity index is 2570. The molecular formula is C52H52F2N6O2. The van der Waals surface area contributed by atoms with Gasteiger partial charge in [-0.2, -0.15) is 0 Å². The Labute approximate surface area is 362 Å². The number of fused-ring (bicyclic) bond motifs is 2. The van der Waals surface area contributed by atoms with Crippen LogP contribution in [0, 0.1) is 39.3 Å². The second-order valence-electron chi connectivity index (χ2n) is 17.3. The van der Waals surface area contributed by atoms with Gasteiger partial charge in [0.25, 0.3) is 0 Å². The molecule has 6 aromatic rings. The van der Waals surface area contributed by atoms with Crippen LogP contribution in [0.3, 0.4) is 0 Å². The van der Waals surface area contributed by atoms with Crippen LogP contribution in [0.1, 0.15) is 107 Å². The van der Waals surface area contributed by atoms with E-state index in [2.05, 4.69) is 60.2 Å². The molecule has 0 bridgehead atoms. The first-order valence-electron chi connectivity index (χ1n) is 21.8. The SMILES string of the molecule is Cc1cn(-c2ccc(/C=C3\CCCN([C@@H]4CCc5cc(F)ccc54)C3=O)cc2C)cn1.Cc1cn(-c2ccc(/C=C3\CCCN([C@H]4CCc5cc(F)ccc54)C3=O)cc2C)cn1. The van der Waals surface area contributed by atoms with Gasteiger partial charge in [0, 0.05) is 48.0 Å². The number of carbonyl (C=O) groups is 2. The number of halogens is 2. The number of hydrogen-bond donors (Lipinski definition) is 0. The number of hydrogen-bond acceptors (Lipinski definition) is 4. The maximum atomic E-state index is 13.6. The molecule has 316 valence electrons. The number of nitrogens with zero attached hydrogens (tertiary/aromatic N) is 6. The van der Waals surface area contributed by atoms with E-state index in [9.17, 15) is 18.4 Å². The summed E-state index contributed by atoms with van der Waals surface area (Å²) in [4.78, 5) is 39.3. The van der Waals surface area contributed by atoms with E-state index in [1.807, 2.05) is 82.1 Å². The number of aromatic nitrogens is 4. The quantitative estimate of drug-likeness (QED) is 0.157. The number of rotatable bonds is 6. The number of aryl methyl sites for hydroxylation is 6. The lowest BCUT2D eigenvalue weighted by atomic mass is 9.97. The molecule has 2 aliphatic carbocycles. The molecule has 10 heteroatoms. The van der Waals surface area contributed by atoms with Crippen LogP contribution in [-0.2, 0) is 22.4 Å². The average Bonchev–Trinajstić information content (AvgIpc) is 4.07. The third-order valence-electron chi connectivity index (χ3n) is 12.9. The zero-order valence-corrected chi connectivity index (χ0v) is 35.9. The summed E-state index contributed by atoms with van der Waals surface area (Å²) in [5.41, 5.74) is 14.5. The van der Waals surface area contributed by atoms with Crippen molar-refractivity contribution in [3.63, 3.8) is 0 Å². The van der Waals surface area contributed by atoms with Crippen LogP contribution in [0.4, 0.5) is 8.78 Å². The Balaban J connectivity index is 0.000000158. The van der Waals surface area contributed by atoms with Crippen LogP contribution in [0.5, 0.6) is 0 Å². The van der Waals surface area contributed by atoms with Gasteiger partial charge in [0.05, 0.1) is 36.1 Å². The van der Waals surface area contributed by atoms with E-state index < -0.39 is 0 Å². The van der Waals surface area contributed by atoms with Crippen LogP contribution in [0.15, 0.2) is 109 Å². The van der Waals surface area contributed by atoms with Crippen LogP contribution < -0.4 is 0 Å². The first kappa shape index (κ1) is 41.0. The van der Waals surface area contributed by atoms with Gasteiger partial charge in [0.15, 0.2) is 0 Å². The lowest BCUT2D eigenvalue weighted by Crippen LogP contribution is -2.39. The van der Waals surface area contributed by atoms with Crippen molar-refractivity contribution in [2.75, 3.05) is 13.1 Å². The molecule has 8 nitrogen and oxygen atoms in total. The minimum absolute atomic E-state index is 0.0559. The molecule has 2 atom stereocenters. The smallest absolute Gasteiger partial charge is 0.250 e. The Morgan fingerprint density at radius 2 is 1.00 bits per heavy atom. The van der Waals surface area contributed by atoms with Crippen molar-refractivity contribution < 1.29 is 18.4 Å². The number of carbonyl (C=O) groups excluding carboxylic acids is 2. The van der Waals surface area contributed by atoms with Crippen LogP contribution in [0.2, 0.25) is 0 Å². The number of benzene rings is 4. The van der Waals surface area contributed by atoms with Gasteiger partial charge in [-0.3, -0.25) is 9.59 Å². The van der Waals surface area contributed by atoms with E-state index in [4.69, 9.17) is 0 Å². The summed E-state index contributed by atoms with van der Waals surface area (Å²) in [6.07, 6.45) is 18.6. The maximum Gasteiger partial charge on any atom is 0.250 e. The van der Waals surface area contributed by atoms with Crippen molar-refractivity contribution >= 4 is 24.0 Å². The molecule has 2 saturated heterocycles. The van der Waals surface area contributed by atoms with E-state index in [0.717, 1.165) is 143 Å². The Morgan fingerprint density at radius 3 is 1.39 bits per heavy atom. The van der Waals surface area contributed by atoms with Gasteiger partial charge in [-0.1, -0.05) is 24.3 Å². The van der Waals surface area contributed by atoms with Gasteiger partial charge in [0.2, 0.25) is 11.8 Å². The Hall–Kier alpha value is -6.42. The predicted octanol–water partition coefficient (Wildman–Crippen LogP) is 10.6. The Morgan fingerprint density at radius 1 is 0.565 bits per heavy atom. The van der Waals surface area contributed by atoms with Gasteiger partial charge < -0.3 is 18.9 Å². The van der Waals surface area contributed by atoms with Crippen molar-refractivity contribution in [3.05, 3.63) is 177 Å². The lowest BCUT2D eigenvalue weighted by Gasteiger charge is -2.34. The van der Waals surface area contributed by atoms with Crippen molar-refractivity contribution in [1.82, 2.24) is 28.9 Å². The fraction of sp³-hybridized carbons (Fsp3) is 0.308. The molecule has 2 amide bonds. The van der Waals surface area contributed by atoms with Crippen molar-refractivity contribution in [3.8, 4) is 11.4 Å². The van der Waals surface area contributed by atoms with Gasteiger partial charge in [-0.15, -0.1) is 0 Å². The highest BCUT2D eigenvalue weighted by molar-refractivity contribution is 5.99. The molecule has 4 heterocycles. The zero-order valence-electron chi connectivity index (χ0n) is 35.9. The molecule has 4 aliphatic rings. The number of imidazole rings is 2. The van der Waals surface area contributed by atoms with Crippen LogP contribution in [0.25, 0.3) is 23.5 Å². The summed E-state index contributed by atoms with van der Waals surface area (Å²) in [7, 11) is 0. The van der Waals surface area contributed by atoms with E-state index in [1.54, 1.807) is 12.1 Å². The maximum absolute atomic E-state index is 13.6. The summed E-state index contributed by atoms with van der Waals surface area (Å²) in [6, 6.07) is 22.6. The molecular weight excluding hydrogens is 779 g/mol. The van der Waals surface area contributed by atoms with Gasteiger partial charge in [-0.25, -0.2) is 18.7 Å². The topological polar surface area (TPSA) is 76.3 Å². The minimum atomic E-state index is -0.199. The average molecular weight is 831 g/mol. The molecule has 0 saturated carbocycles. The summed E-state index contributed by atoms with van der Waals surface area (Å²) < 4.78 is 31.2. The number of likely N-dealkylation sites (tertiary alicyclic amines) is 2. The first-order chi connectivity index (χ1) is 30.0. The third-order valence-corrected chi connectivity index (χ3v) is 12.9. The van der Waals surface area contributed by atoms with Gasteiger partial charge >= 0.3 is 0 Å². The highest BCUT2D eigenvalue weighted by atomic mass is 19.1. The summed E-state index contributed by atoms with van der Waals surface area (Å²) in [5.74, 6) is -0.176. The van der Waals surface area contributed by atoms with Gasteiger partial charge in [-0.05, 0) is 184 Å². The van der Waals surface area contributed by atoms with Crippen molar-refractivity contribution in [2.24, 2.45) is 0 Å². The molecule has 0 N–H and O–H groups in total. The highest BCUT2D eigenvalue weighted by Gasteiger charge is 2.36. The summed E-state index contributed by atoms with van der Waals surface area (Å²) in [6.45, 7) is 9.63. The van der Waals surface area contributed by atoms with Crippen LogP contribution in [-0.4, -0.2) is 53.8 Å². The summed E-state index contributed by atoms with van der Waals surface area (Å²) >= 11 is 0. The van der Waals surface area contributed by atoms with Crippen molar-refractivity contribution in [2.45, 2.75) is 91.1 Å². The molecule has 0 spiro atoms. The molecule has 2 aliphatic heterocycles. The monoisotopic (exact) mass is 830 g/mol. The lowest BCUT2D eigenvalue weighted by molar-refractivity contribution is -0.131. The Kier molecular flexibility index (Phi) is 11.3. The summed E-state index contributed by atoms with van der Waals surface area (Å²) in [5, 5.41) is 0. The second kappa shape index (κ2) is 17.2. The van der Waals surface area contributed by atoms with E-state index >= 15 is 0 Å². The first-order valence-corrected chi connectivity index (χ1v) is 21.8. The van der Waals surface area contributed by atoms with E-state index in [1.165, 1.54) is 12.1 Å². The molecule has 2 fully saturated rings. The highest BCUT2D eigenvalue weighted by Crippen LogP contribution is 2.40. The fourth-order valence-corrected chi connectivity index (χ4v) is 9.93. The normalized spacial score (nSPS) is 19.8. The fourth-order valence-electron chi connectivity index (χ4n) is 9.93. The van der Waals surface area contributed by atoms with E-state index in [0.29, 0.717) is 0 Å². The van der Waals surface area contributed by atoms with Crippen molar-refractivity contribution in [1.29, 1.82) is 0 Å². The predicted molar refractivity (Wildman–Crippen MR) is 239 cm³/mol. The standard InChI is InChI=1S/2C26H26FN3O/c2*1-17-12-19(5-9-24(17)29-15-18(2)28-16-29)13-21-4-3-11-30(26(21)31)25-10-6-20-14-22(27)7-8-23(20)25/h2*5,7-9,12-16,25H,3-4,6,10-11H2,1-2H3/b2*21-13+/t2*25-/m10/s1.